The highest BCUT2D eigenvalue weighted by molar-refractivity contribution is 4.89. The summed E-state index contributed by atoms with van der Waals surface area (Å²) in [6.45, 7) is 4.16. The number of aryl methyl sites for hydroxylation is 1. The van der Waals surface area contributed by atoms with Gasteiger partial charge in [-0.1, -0.05) is 13.3 Å². The Morgan fingerprint density at radius 2 is 2.42 bits per heavy atom. The smallest absolute Gasteiger partial charge is 0.122 e. The largest absolute Gasteiger partial charge is 0.337 e. The van der Waals surface area contributed by atoms with Crippen LogP contribution in [0.4, 0.5) is 0 Å². The van der Waals surface area contributed by atoms with Crippen LogP contribution >= 0.6 is 0 Å². The van der Waals surface area contributed by atoms with Crippen LogP contribution in [0.5, 0.6) is 0 Å². The standard InChI is InChI=1S/C9H17N3/c1-3-4-5-10-8-9-11-6-7-12(9)2/h6-7,10H,3-5,8H2,1-2H3. The Bertz CT molecular complexity index is 217. The maximum absolute atomic E-state index is 4.21. The van der Waals surface area contributed by atoms with E-state index in [1.807, 2.05) is 24.0 Å². The molecule has 0 unspecified atom stereocenters. The number of hydrogen-bond acceptors (Lipinski definition) is 2. The van der Waals surface area contributed by atoms with E-state index in [9.17, 15) is 0 Å². The second-order valence-corrected chi connectivity index (χ2v) is 2.98. The van der Waals surface area contributed by atoms with Crippen molar-refractivity contribution in [3.05, 3.63) is 18.2 Å². The van der Waals surface area contributed by atoms with E-state index in [2.05, 4.69) is 17.2 Å². The van der Waals surface area contributed by atoms with Gasteiger partial charge in [0, 0.05) is 19.4 Å². The molecule has 0 aromatic carbocycles. The molecule has 0 aliphatic carbocycles. The summed E-state index contributed by atoms with van der Waals surface area (Å²) in [6, 6.07) is 0. The molecular weight excluding hydrogens is 150 g/mol. The fourth-order valence-corrected chi connectivity index (χ4v) is 1.07. The van der Waals surface area contributed by atoms with Crippen molar-refractivity contribution >= 4 is 0 Å². The van der Waals surface area contributed by atoms with Gasteiger partial charge in [-0.25, -0.2) is 4.98 Å². The zero-order valence-electron chi connectivity index (χ0n) is 7.88. The molecule has 0 bridgehead atoms. The van der Waals surface area contributed by atoms with Crippen LogP contribution in [0.2, 0.25) is 0 Å². The van der Waals surface area contributed by atoms with Crippen molar-refractivity contribution < 1.29 is 0 Å². The highest BCUT2D eigenvalue weighted by Crippen LogP contribution is 1.93. The van der Waals surface area contributed by atoms with Gasteiger partial charge in [0.1, 0.15) is 5.82 Å². The number of aromatic nitrogens is 2. The van der Waals surface area contributed by atoms with Crippen LogP contribution in [0, 0.1) is 0 Å². The van der Waals surface area contributed by atoms with E-state index >= 15 is 0 Å². The number of imidazole rings is 1. The summed E-state index contributed by atoms with van der Waals surface area (Å²) in [6.07, 6.45) is 6.28. The van der Waals surface area contributed by atoms with Gasteiger partial charge in [-0.15, -0.1) is 0 Å². The zero-order chi connectivity index (χ0) is 8.81. The second kappa shape index (κ2) is 4.93. The van der Waals surface area contributed by atoms with Crippen LogP contribution < -0.4 is 5.32 Å². The molecule has 0 amide bonds. The van der Waals surface area contributed by atoms with Crippen molar-refractivity contribution in [3.8, 4) is 0 Å². The number of nitrogens with zero attached hydrogens (tertiary/aromatic N) is 2. The third kappa shape index (κ3) is 2.66. The molecule has 1 aromatic rings. The van der Waals surface area contributed by atoms with Gasteiger partial charge >= 0.3 is 0 Å². The summed E-state index contributed by atoms with van der Waals surface area (Å²) in [5, 5.41) is 3.35. The van der Waals surface area contributed by atoms with E-state index in [-0.39, 0.29) is 0 Å². The fraction of sp³-hybridized carbons (Fsp3) is 0.667. The monoisotopic (exact) mass is 167 g/mol. The average molecular weight is 167 g/mol. The van der Waals surface area contributed by atoms with Gasteiger partial charge in [0.15, 0.2) is 0 Å². The van der Waals surface area contributed by atoms with Crippen LogP contribution in [-0.2, 0) is 13.6 Å². The molecule has 1 rings (SSSR count). The molecule has 0 aliphatic heterocycles. The van der Waals surface area contributed by atoms with Gasteiger partial charge < -0.3 is 9.88 Å². The molecule has 0 radical (unpaired) electrons. The normalized spacial score (nSPS) is 10.5. The van der Waals surface area contributed by atoms with E-state index < -0.39 is 0 Å². The molecular formula is C9H17N3. The van der Waals surface area contributed by atoms with Gasteiger partial charge in [0.2, 0.25) is 0 Å². The van der Waals surface area contributed by atoms with E-state index in [1.165, 1.54) is 12.8 Å². The predicted molar refractivity (Wildman–Crippen MR) is 49.8 cm³/mol. The predicted octanol–water partition coefficient (Wildman–Crippen LogP) is 1.31. The summed E-state index contributed by atoms with van der Waals surface area (Å²) in [5.74, 6) is 1.10. The molecule has 1 N–H and O–H groups in total. The van der Waals surface area contributed by atoms with Crippen LogP contribution in [-0.4, -0.2) is 16.1 Å². The van der Waals surface area contributed by atoms with Crippen molar-refractivity contribution in [1.82, 2.24) is 14.9 Å². The molecule has 3 heteroatoms. The molecule has 0 saturated carbocycles. The van der Waals surface area contributed by atoms with Gasteiger partial charge in [-0.05, 0) is 13.0 Å². The Morgan fingerprint density at radius 3 is 3.00 bits per heavy atom. The molecule has 0 spiro atoms. The Hall–Kier alpha value is -0.830. The van der Waals surface area contributed by atoms with Crippen LogP contribution in [0.3, 0.4) is 0 Å². The lowest BCUT2D eigenvalue weighted by Gasteiger charge is -2.03. The molecule has 1 aromatic heterocycles. The summed E-state index contributed by atoms with van der Waals surface area (Å²) < 4.78 is 2.04. The highest BCUT2D eigenvalue weighted by Gasteiger charge is 1.96. The second-order valence-electron chi connectivity index (χ2n) is 2.98. The van der Waals surface area contributed by atoms with E-state index in [4.69, 9.17) is 0 Å². The first-order valence-corrected chi connectivity index (χ1v) is 4.51. The number of nitrogens with one attached hydrogen (secondary N) is 1. The fourth-order valence-electron chi connectivity index (χ4n) is 1.07. The number of hydrogen-bond donors (Lipinski definition) is 1. The van der Waals surface area contributed by atoms with Gasteiger partial charge in [-0.3, -0.25) is 0 Å². The van der Waals surface area contributed by atoms with Gasteiger partial charge in [-0.2, -0.15) is 0 Å². The van der Waals surface area contributed by atoms with Gasteiger partial charge in [0.25, 0.3) is 0 Å². The van der Waals surface area contributed by atoms with Gasteiger partial charge in [0.05, 0.1) is 6.54 Å². The summed E-state index contributed by atoms with van der Waals surface area (Å²) in [7, 11) is 2.02. The van der Waals surface area contributed by atoms with Crippen LogP contribution in [0.25, 0.3) is 0 Å². The average Bonchev–Trinajstić information content (AvgIpc) is 2.46. The third-order valence-corrected chi connectivity index (χ3v) is 1.91. The van der Waals surface area contributed by atoms with Crippen LogP contribution in [0.1, 0.15) is 25.6 Å². The third-order valence-electron chi connectivity index (χ3n) is 1.91. The number of unbranched alkanes of at least 4 members (excludes halogenated alkanes) is 1. The topological polar surface area (TPSA) is 29.9 Å². The first kappa shape index (κ1) is 9.26. The number of rotatable bonds is 5. The minimum atomic E-state index is 0.878. The van der Waals surface area contributed by atoms with Crippen molar-refractivity contribution in [2.24, 2.45) is 7.05 Å². The SMILES string of the molecule is CCCCNCc1nccn1C. The van der Waals surface area contributed by atoms with Crippen LogP contribution in [0.15, 0.2) is 12.4 Å². The Morgan fingerprint density at radius 1 is 1.58 bits per heavy atom. The summed E-state index contributed by atoms with van der Waals surface area (Å²) >= 11 is 0. The molecule has 68 valence electrons. The maximum atomic E-state index is 4.21. The van der Waals surface area contributed by atoms with Crippen molar-refractivity contribution in [2.45, 2.75) is 26.3 Å². The van der Waals surface area contributed by atoms with Crippen molar-refractivity contribution in [1.29, 1.82) is 0 Å². The molecule has 0 fully saturated rings. The molecule has 3 nitrogen and oxygen atoms in total. The minimum Gasteiger partial charge on any atom is -0.337 e. The van der Waals surface area contributed by atoms with E-state index in [0.29, 0.717) is 0 Å². The molecule has 0 aliphatic rings. The lowest BCUT2D eigenvalue weighted by molar-refractivity contribution is 0.608. The lowest BCUT2D eigenvalue weighted by atomic mass is 10.3. The maximum Gasteiger partial charge on any atom is 0.122 e. The Balaban J connectivity index is 2.20. The zero-order valence-corrected chi connectivity index (χ0v) is 7.88. The summed E-state index contributed by atoms with van der Waals surface area (Å²) in [4.78, 5) is 4.21. The van der Waals surface area contributed by atoms with E-state index in [1.54, 1.807) is 0 Å². The molecule has 12 heavy (non-hydrogen) atoms. The summed E-state index contributed by atoms with van der Waals surface area (Å²) in [5.41, 5.74) is 0. The molecule has 0 atom stereocenters. The highest BCUT2D eigenvalue weighted by atomic mass is 15.1. The first-order chi connectivity index (χ1) is 5.84. The Labute approximate surface area is 73.8 Å². The lowest BCUT2D eigenvalue weighted by Crippen LogP contribution is -2.17. The van der Waals surface area contributed by atoms with E-state index in [0.717, 1.165) is 18.9 Å². The molecule has 1 heterocycles. The first-order valence-electron chi connectivity index (χ1n) is 4.51. The molecule has 0 saturated heterocycles. The minimum absolute atomic E-state index is 0.878. The quantitative estimate of drug-likeness (QED) is 0.670. The van der Waals surface area contributed by atoms with Crippen molar-refractivity contribution in [2.75, 3.05) is 6.54 Å². The van der Waals surface area contributed by atoms with Crippen molar-refractivity contribution in [3.63, 3.8) is 0 Å². The Kier molecular flexibility index (Phi) is 3.80.